The van der Waals surface area contributed by atoms with Crippen LogP contribution in [-0.4, -0.2) is 49.7 Å². The molecule has 0 bridgehead atoms. The van der Waals surface area contributed by atoms with Crippen molar-refractivity contribution in [2.75, 3.05) is 26.2 Å². The molecule has 182 valence electrons. The lowest BCUT2D eigenvalue weighted by atomic mass is 10.0. The number of fused-ring (bicyclic) bond motifs is 2. The lowest BCUT2D eigenvalue weighted by Gasteiger charge is -2.34. The number of nitrogens with two attached hydrogens (primary N) is 1. The van der Waals surface area contributed by atoms with Gasteiger partial charge < -0.3 is 10.6 Å². The number of piperazine rings is 1. The number of halogens is 2. The molecule has 2 N–H and O–H groups in total. The predicted octanol–water partition coefficient (Wildman–Crippen LogP) is 4.67. The zero-order chi connectivity index (χ0) is 23.9. The number of carbonyl (C=O) groups is 1. The molecule has 0 aliphatic carbocycles. The van der Waals surface area contributed by atoms with Crippen LogP contribution in [-0.2, 0) is 16.6 Å². The largest absolute Gasteiger partial charge is 0.336 e. The van der Waals surface area contributed by atoms with E-state index >= 15 is 0 Å². The van der Waals surface area contributed by atoms with Crippen LogP contribution in [0, 0.1) is 0 Å². The first-order chi connectivity index (χ1) is 16.3. The highest BCUT2D eigenvalue weighted by Gasteiger charge is 2.30. The van der Waals surface area contributed by atoms with Gasteiger partial charge in [-0.15, -0.1) is 12.4 Å². The molecule has 6 nitrogen and oxygen atoms in total. The number of rotatable bonds is 4. The molecule has 0 saturated carbocycles. The Hall–Kier alpha value is -2.68. The van der Waals surface area contributed by atoms with Gasteiger partial charge in [-0.2, -0.15) is 4.31 Å². The minimum Gasteiger partial charge on any atom is -0.336 e. The smallest absolute Gasteiger partial charge is 0.253 e. The maximum absolute atomic E-state index is 13.2. The van der Waals surface area contributed by atoms with Crippen molar-refractivity contribution in [1.29, 1.82) is 0 Å². The van der Waals surface area contributed by atoms with Gasteiger partial charge in [-0.3, -0.25) is 4.79 Å². The molecule has 1 aliphatic rings. The second-order valence-corrected chi connectivity index (χ2v) is 10.8. The monoisotopic (exact) mass is 529 g/mol. The molecule has 4 aromatic rings. The normalized spacial score (nSPS) is 14.7. The summed E-state index contributed by atoms with van der Waals surface area (Å²) < 4.78 is 27.9. The van der Waals surface area contributed by atoms with Crippen LogP contribution in [0.5, 0.6) is 0 Å². The van der Waals surface area contributed by atoms with E-state index in [0.717, 1.165) is 27.1 Å². The molecule has 0 radical (unpaired) electrons. The van der Waals surface area contributed by atoms with Crippen molar-refractivity contribution in [1.82, 2.24) is 9.21 Å². The van der Waals surface area contributed by atoms with Gasteiger partial charge in [-0.25, -0.2) is 8.42 Å². The zero-order valence-electron chi connectivity index (χ0n) is 18.9. The van der Waals surface area contributed by atoms with Crippen molar-refractivity contribution < 1.29 is 13.2 Å². The topological polar surface area (TPSA) is 83.7 Å². The molecule has 1 saturated heterocycles. The van der Waals surface area contributed by atoms with E-state index in [1.165, 1.54) is 4.31 Å². The number of sulfonamides is 1. The SMILES string of the molecule is Cl.NCc1ccc2cc(C(=O)N3CCN(S(=O)(=O)c4ccc5cc(Cl)ccc5c4)CC3)ccc2c1. The van der Waals surface area contributed by atoms with Gasteiger partial charge in [0.25, 0.3) is 5.91 Å². The Bertz CT molecular complexity index is 1520. The summed E-state index contributed by atoms with van der Waals surface area (Å²) in [6, 6.07) is 22.0. The van der Waals surface area contributed by atoms with Gasteiger partial charge in [-0.1, -0.05) is 41.9 Å². The Balaban J connectivity index is 0.00000289. The molecule has 0 spiro atoms. The summed E-state index contributed by atoms with van der Waals surface area (Å²) in [4.78, 5) is 15.1. The third kappa shape index (κ3) is 5.01. The number of carbonyl (C=O) groups excluding carboxylic acids is 1. The highest BCUT2D eigenvalue weighted by atomic mass is 35.5. The van der Waals surface area contributed by atoms with Crippen LogP contribution in [0.15, 0.2) is 77.7 Å². The average molecular weight is 530 g/mol. The maximum atomic E-state index is 13.2. The standard InChI is InChI=1S/C26H24ClN3O3S.ClH/c27-24-7-5-22-16-25(8-6-21(22)15-24)34(32,33)30-11-9-29(10-12-30)26(31)23-4-3-19-13-18(17-28)1-2-20(19)14-23;/h1-8,13-16H,9-12,17,28H2;1H. The van der Waals surface area contributed by atoms with Gasteiger partial charge in [0, 0.05) is 43.3 Å². The molecule has 4 aromatic carbocycles. The van der Waals surface area contributed by atoms with Gasteiger partial charge in [0.05, 0.1) is 4.90 Å². The van der Waals surface area contributed by atoms with E-state index in [-0.39, 0.29) is 36.3 Å². The number of hydrogen-bond acceptors (Lipinski definition) is 4. The van der Waals surface area contributed by atoms with Crippen LogP contribution >= 0.6 is 24.0 Å². The minimum atomic E-state index is -3.66. The average Bonchev–Trinajstić information content (AvgIpc) is 2.87. The van der Waals surface area contributed by atoms with Crippen LogP contribution in [0.1, 0.15) is 15.9 Å². The van der Waals surface area contributed by atoms with E-state index in [2.05, 4.69) is 0 Å². The van der Waals surface area contributed by atoms with Gasteiger partial charge in [0.2, 0.25) is 10.0 Å². The Morgan fingerprint density at radius 1 is 0.800 bits per heavy atom. The summed E-state index contributed by atoms with van der Waals surface area (Å²) in [5.74, 6) is -0.0931. The first-order valence-corrected chi connectivity index (χ1v) is 12.9. The number of hydrogen-bond donors (Lipinski definition) is 1. The Labute approximate surface area is 215 Å². The summed E-state index contributed by atoms with van der Waals surface area (Å²) in [7, 11) is -3.66. The van der Waals surface area contributed by atoms with Crippen molar-refractivity contribution in [3.05, 3.63) is 88.9 Å². The van der Waals surface area contributed by atoms with Gasteiger partial charge >= 0.3 is 0 Å². The molecule has 35 heavy (non-hydrogen) atoms. The summed E-state index contributed by atoms with van der Waals surface area (Å²) in [6.45, 7) is 1.65. The highest BCUT2D eigenvalue weighted by Crippen LogP contribution is 2.26. The van der Waals surface area contributed by atoms with E-state index in [0.29, 0.717) is 30.2 Å². The predicted molar refractivity (Wildman–Crippen MR) is 143 cm³/mol. The second-order valence-electron chi connectivity index (χ2n) is 8.45. The van der Waals surface area contributed by atoms with Crippen molar-refractivity contribution in [3.63, 3.8) is 0 Å². The Morgan fingerprint density at radius 2 is 1.40 bits per heavy atom. The molecule has 0 aromatic heterocycles. The van der Waals surface area contributed by atoms with Gasteiger partial charge in [-0.05, 0) is 69.6 Å². The molecule has 1 fully saturated rings. The maximum Gasteiger partial charge on any atom is 0.253 e. The molecule has 1 heterocycles. The fourth-order valence-corrected chi connectivity index (χ4v) is 6.01. The molecule has 1 amide bonds. The van der Waals surface area contributed by atoms with Crippen LogP contribution in [0.3, 0.4) is 0 Å². The number of amides is 1. The summed E-state index contributed by atoms with van der Waals surface area (Å²) >= 11 is 6.03. The lowest BCUT2D eigenvalue weighted by molar-refractivity contribution is 0.0698. The van der Waals surface area contributed by atoms with Crippen LogP contribution in [0.4, 0.5) is 0 Å². The Morgan fingerprint density at radius 3 is 2.14 bits per heavy atom. The lowest BCUT2D eigenvalue weighted by Crippen LogP contribution is -2.50. The van der Waals surface area contributed by atoms with E-state index in [1.54, 1.807) is 29.2 Å². The van der Waals surface area contributed by atoms with Gasteiger partial charge in [0.1, 0.15) is 0 Å². The van der Waals surface area contributed by atoms with E-state index in [9.17, 15) is 13.2 Å². The molecule has 0 atom stereocenters. The zero-order valence-corrected chi connectivity index (χ0v) is 21.2. The van der Waals surface area contributed by atoms with Crippen molar-refractivity contribution >= 4 is 61.5 Å². The fraction of sp³-hybridized carbons (Fsp3) is 0.192. The van der Waals surface area contributed by atoms with Crippen LogP contribution < -0.4 is 5.73 Å². The van der Waals surface area contributed by atoms with E-state index in [4.69, 9.17) is 17.3 Å². The minimum absolute atomic E-state index is 0. The molecule has 1 aliphatic heterocycles. The summed E-state index contributed by atoms with van der Waals surface area (Å²) in [6.07, 6.45) is 0. The molecule has 5 rings (SSSR count). The first kappa shape index (κ1) is 25.4. The number of benzene rings is 4. The van der Waals surface area contributed by atoms with E-state index in [1.807, 2.05) is 48.5 Å². The van der Waals surface area contributed by atoms with Crippen molar-refractivity contribution in [2.45, 2.75) is 11.4 Å². The Kier molecular flexibility index (Phi) is 7.35. The summed E-state index contributed by atoms with van der Waals surface area (Å²) in [5, 5.41) is 4.32. The quantitative estimate of drug-likeness (QED) is 0.416. The molecule has 9 heteroatoms. The molecular weight excluding hydrogens is 505 g/mol. The summed E-state index contributed by atoms with van der Waals surface area (Å²) in [5.41, 5.74) is 7.35. The number of nitrogens with zero attached hydrogens (tertiary/aromatic N) is 2. The third-order valence-corrected chi connectivity index (χ3v) is 8.45. The molecule has 0 unspecified atom stereocenters. The molecular formula is C26H25Cl2N3O3S. The van der Waals surface area contributed by atoms with Crippen molar-refractivity contribution in [2.24, 2.45) is 5.73 Å². The van der Waals surface area contributed by atoms with Gasteiger partial charge in [0.15, 0.2) is 0 Å². The van der Waals surface area contributed by atoms with Crippen molar-refractivity contribution in [3.8, 4) is 0 Å². The van der Waals surface area contributed by atoms with Crippen LogP contribution in [0.2, 0.25) is 5.02 Å². The highest BCUT2D eigenvalue weighted by molar-refractivity contribution is 7.89. The first-order valence-electron chi connectivity index (χ1n) is 11.1. The second kappa shape index (κ2) is 10.1. The third-order valence-electron chi connectivity index (χ3n) is 6.32. The van der Waals surface area contributed by atoms with Crippen LogP contribution in [0.25, 0.3) is 21.5 Å². The fourth-order valence-electron chi connectivity index (χ4n) is 4.37. The van der Waals surface area contributed by atoms with E-state index < -0.39 is 10.0 Å².